The summed E-state index contributed by atoms with van der Waals surface area (Å²) >= 11 is 0. The minimum Gasteiger partial charge on any atom is -0.493 e. The van der Waals surface area contributed by atoms with Gasteiger partial charge in [0.15, 0.2) is 0 Å². The monoisotopic (exact) mass is 358 g/mol. The molecule has 3 nitrogen and oxygen atoms in total. The molecule has 0 spiro atoms. The van der Waals surface area contributed by atoms with Gasteiger partial charge in [-0.1, -0.05) is 37.3 Å². The zero-order valence-corrected chi connectivity index (χ0v) is 15.9. The molecular formula is C21H27ClN2O. The number of hydrogen-bond donors (Lipinski definition) is 0. The molecular weight excluding hydrogens is 332 g/mol. The molecule has 134 valence electrons. The van der Waals surface area contributed by atoms with E-state index in [0.717, 1.165) is 50.1 Å². The van der Waals surface area contributed by atoms with E-state index in [-0.39, 0.29) is 12.4 Å². The minimum atomic E-state index is 0. The fourth-order valence-corrected chi connectivity index (χ4v) is 3.06. The maximum absolute atomic E-state index is 5.90. The second-order valence-corrected chi connectivity index (χ2v) is 6.24. The van der Waals surface area contributed by atoms with Crippen molar-refractivity contribution in [2.24, 2.45) is 0 Å². The molecule has 2 aromatic carbocycles. The zero-order valence-electron chi connectivity index (χ0n) is 15.1. The maximum atomic E-state index is 5.90. The molecule has 3 aromatic rings. The van der Waals surface area contributed by atoms with Crippen LogP contribution in [0.25, 0.3) is 11.0 Å². The van der Waals surface area contributed by atoms with Gasteiger partial charge < -0.3 is 9.30 Å². The van der Waals surface area contributed by atoms with E-state index in [9.17, 15) is 0 Å². The maximum Gasteiger partial charge on any atom is 0.122 e. The van der Waals surface area contributed by atoms with Crippen molar-refractivity contribution in [1.82, 2.24) is 9.55 Å². The molecule has 25 heavy (non-hydrogen) atoms. The Bertz CT molecular complexity index is 797. The van der Waals surface area contributed by atoms with E-state index in [4.69, 9.17) is 9.72 Å². The lowest BCUT2D eigenvalue weighted by Crippen LogP contribution is -2.06. The molecule has 4 heteroatoms. The number of aryl methyl sites for hydroxylation is 3. The second kappa shape index (κ2) is 9.47. The van der Waals surface area contributed by atoms with E-state index in [1.165, 1.54) is 16.9 Å². The van der Waals surface area contributed by atoms with Crippen molar-refractivity contribution >= 4 is 23.4 Å². The van der Waals surface area contributed by atoms with Gasteiger partial charge in [-0.05, 0) is 49.9 Å². The number of nitrogens with zero attached hydrogens (tertiary/aromatic N) is 2. The van der Waals surface area contributed by atoms with Crippen LogP contribution in [0.5, 0.6) is 5.75 Å². The van der Waals surface area contributed by atoms with Crippen LogP contribution < -0.4 is 4.74 Å². The molecule has 0 saturated heterocycles. The Morgan fingerprint density at radius 2 is 1.76 bits per heavy atom. The van der Waals surface area contributed by atoms with Crippen LogP contribution >= 0.6 is 12.4 Å². The number of ether oxygens (including phenoxy) is 1. The molecule has 0 atom stereocenters. The quantitative estimate of drug-likeness (QED) is 0.491. The first kappa shape index (κ1) is 19.3. The fraction of sp³-hybridized carbons (Fsp3) is 0.381. The molecule has 0 saturated carbocycles. The lowest BCUT2D eigenvalue weighted by atomic mass is 10.2. The van der Waals surface area contributed by atoms with Crippen molar-refractivity contribution in [2.75, 3.05) is 6.61 Å². The Labute approximate surface area is 156 Å². The van der Waals surface area contributed by atoms with Gasteiger partial charge in [-0.2, -0.15) is 0 Å². The van der Waals surface area contributed by atoms with Gasteiger partial charge in [0.25, 0.3) is 0 Å². The molecule has 1 aromatic heterocycles. The summed E-state index contributed by atoms with van der Waals surface area (Å²) < 4.78 is 8.28. The third-order valence-corrected chi connectivity index (χ3v) is 4.33. The zero-order chi connectivity index (χ0) is 16.8. The normalized spacial score (nSPS) is 10.6. The van der Waals surface area contributed by atoms with Gasteiger partial charge in [0.05, 0.1) is 17.6 Å². The van der Waals surface area contributed by atoms with Crippen LogP contribution in [-0.2, 0) is 13.0 Å². The average Bonchev–Trinajstić information content (AvgIpc) is 2.94. The molecule has 0 fully saturated rings. The number of fused-ring (bicyclic) bond motifs is 1. The van der Waals surface area contributed by atoms with E-state index in [2.05, 4.69) is 48.7 Å². The predicted molar refractivity (Wildman–Crippen MR) is 107 cm³/mol. The topological polar surface area (TPSA) is 27.1 Å². The van der Waals surface area contributed by atoms with Crippen LogP contribution in [0.3, 0.4) is 0 Å². The Balaban J connectivity index is 0.00000225. The summed E-state index contributed by atoms with van der Waals surface area (Å²) in [5.74, 6) is 2.20. The third-order valence-electron chi connectivity index (χ3n) is 4.33. The molecule has 0 aliphatic carbocycles. The summed E-state index contributed by atoms with van der Waals surface area (Å²) in [5, 5.41) is 0. The molecule has 1 heterocycles. The molecule has 3 rings (SSSR count). The minimum absolute atomic E-state index is 0. The number of benzene rings is 2. The number of rotatable bonds is 8. The Hall–Kier alpha value is -2.00. The number of halogens is 1. The molecule has 0 radical (unpaired) electrons. The van der Waals surface area contributed by atoms with Crippen molar-refractivity contribution in [3.05, 3.63) is 59.9 Å². The molecule has 0 unspecified atom stereocenters. The van der Waals surface area contributed by atoms with Gasteiger partial charge in [0.1, 0.15) is 11.6 Å². The number of imidazole rings is 1. The third kappa shape index (κ3) is 4.76. The van der Waals surface area contributed by atoms with Gasteiger partial charge >= 0.3 is 0 Å². The van der Waals surface area contributed by atoms with Gasteiger partial charge in [-0.25, -0.2) is 4.98 Å². The highest BCUT2D eigenvalue weighted by Gasteiger charge is 2.09. The second-order valence-electron chi connectivity index (χ2n) is 6.24. The summed E-state index contributed by atoms with van der Waals surface area (Å²) in [7, 11) is 0. The summed E-state index contributed by atoms with van der Waals surface area (Å²) in [6.07, 6.45) is 4.31. The molecule has 0 aliphatic heterocycles. The van der Waals surface area contributed by atoms with Gasteiger partial charge in [-0.3, -0.25) is 0 Å². The first-order valence-electron chi connectivity index (χ1n) is 8.92. The summed E-state index contributed by atoms with van der Waals surface area (Å²) in [6.45, 7) is 6.07. The van der Waals surface area contributed by atoms with Crippen molar-refractivity contribution in [3.8, 4) is 5.75 Å². The van der Waals surface area contributed by atoms with E-state index >= 15 is 0 Å². The first-order valence-corrected chi connectivity index (χ1v) is 8.92. The average molecular weight is 359 g/mol. The highest BCUT2D eigenvalue weighted by atomic mass is 35.5. The summed E-state index contributed by atoms with van der Waals surface area (Å²) in [5.41, 5.74) is 3.56. The Morgan fingerprint density at radius 1 is 1.00 bits per heavy atom. The molecule has 0 bridgehead atoms. The predicted octanol–water partition coefficient (Wildman–Crippen LogP) is 5.58. The van der Waals surface area contributed by atoms with Crippen molar-refractivity contribution in [3.63, 3.8) is 0 Å². The molecule has 0 aliphatic rings. The van der Waals surface area contributed by atoms with E-state index in [1.807, 2.05) is 18.2 Å². The van der Waals surface area contributed by atoms with Crippen LogP contribution in [0.1, 0.15) is 37.6 Å². The number of unbranched alkanes of at least 4 members (excludes halogenated alkanes) is 1. The SMILES string of the molecule is CCCc1nc2ccccc2n1CCCCOc1ccccc1C.Cl. The Kier molecular flexibility index (Phi) is 7.32. The number of aromatic nitrogens is 2. The van der Waals surface area contributed by atoms with E-state index in [0.29, 0.717) is 0 Å². The largest absolute Gasteiger partial charge is 0.493 e. The molecule has 0 N–H and O–H groups in total. The highest BCUT2D eigenvalue weighted by Crippen LogP contribution is 2.19. The van der Waals surface area contributed by atoms with Gasteiger partial charge in [-0.15, -0.1) is 12.4 Å². The van der Waals surface area contributed by atoms with Crippen LogP contribution in [0.4, 0.5) is 0 Å². The van der Waals surface area contributed by atoms with Crippen molar-refractivity contribution in [1.29, 1.82) is 0 Å². The highest BCUT2D eigenvalue weighted by molar-refractivity contribution is 5.85. The Morgan fingerprint density at radius 3 is 2.56 bits per heavy atom. The van der Waals surface area contributed by atoms with E-state index in [1.54, 1.807) is 0 Å². The number of para-hydroxylation sites is 3. The lowest BCUT2D eigenvalue weighted by Gasteiger charge is -2.11. The van der Waals surface area contributed by atoms with Gasteiger partial charge in [0.2, 0.25) is 0 Å². The van der Waals surface area contributed by atoms with Crippen LogP contribution in [-0.4, -0.2) is 16.2 Å². The van der Waals surface area contributed by atoms with Crippen LogP contribution in [0.2, 0.25) is 0 Å². The smallest absolute Gasteiger partial charge is 0.122 e. The van der Waals surface area contributed by atoms with Crippen molar-refractivity contribution in [2.45, 2.75) is 46.1 Å². The lowest BCUT2D eigenvalue weighted by molar-refractivity contribution is 0.301. The van der Waals surface area contributed by atoms with Crippen molar-refractivity contribution < 1.29 is 4.74 Å². The summed E-state index contributed by atoms with van der Waals surface area (Å²) in [4.78, 5) is 4.79. The molecule has 0 amide bonds. The standard InChI is InChI=1S/C21H26N2O.ClH/c1-3-10-21-22-18-12-5-6-13-19(18)23(21)15-8-9-16-24-20-14-7-4-11-17(20)2;/h4-7,11-14H,3,8-10,15-16H2,1-2H3;1H. The first-order chi connectivity index (χ1) is 11.8. The summed E-state index contributed by atoms with van der Waals surface area (Å²) in [6, 6.07) is 16.6. The van der Waals surface area contributed by atoms with E-state index < -0.39 is 0 Å². The fourth-order valence-electron chi connectivity index (χ4n) is 3.06. The number of hydrogen-bond acceptors (Lipinski definition) is 2. The van der Waals surface area contributed by atoms with Crippen LogP contribution in [0, 0.1) is 6.92 Å². The van der Waals surface area contributed by atoms with Gasteiger partial charge in [0, 0.05) is 13.0 Å². The van der Waals surface area contributed by atoms with Crippen LogP contribution in [0.15, 0.2) is 48.5 Å².